The number of hydrogen-bond donors (Lipinski definition) is 0. The lowest BCUT2D eigenvalue weighted by molar-refractivity contribution is 0.0768. The van der Waals surface area contributed by atoms with Crippen molar-refractivity contribution in [2.24, 2.45) is 0 Å². The molecule has 2 rings (SSSR count). The smallest absolute Gasteiger partial charge is 0.254 e. The summed E-state index contributed by atoms with van der Waals surface area (Å²) in [7, 11) is 1.71. The maximum absolute atomic E-state index is 12.3. The highest BCUT2D eigenvalue weighted by Gasteiger charge is 2.17. The van der Waals surface area contributed by atoms with Gasteiger partial charge >= 0.3 is 0 Å². The predicted octanol–water partition coefficient (Wildman–Crippen LogP) is 2.17. The number of hydrogen-bond acceptors (Lipinski definition) is 5. The van der Waals surface area contributed by atoms with Crippen LogP contribution in [0.5, 0.6) is 0 Å². The molecule has 0 aliphatic rings. The molecule has 2 aromatic heterocycles. The molecular weight excluding hydrogens is 256 g/mol. The number of carbonyl (C=O) groups is 1. The second kappa shape index (κ2) is 5.81. The number of amides is 1. The van der Waals surface area contributed by atoms with Crippen LogP contribution in [-0.4, -0.2) is 33.0 Å². The van der Waals surface area contributed by atoms with Gasteiger partial charge in [0.1, 0.15) is 0 Å². The molecule has 0 saturated heterocycles. The van der Waals surface area contributed by atoms with Crippen LogP contribution >= 0.6 is 0 Å². The van der Waals surface area contributed by atoms with Crippen molar-refractivity contribution in [3.05, 3.63) is 41.3 Å². The molecule has 0 spiro atoms. The minimum atomic E-state index is -0.0887. The van der Waals surface area contributed by atoms with Crippen LogP contribution in [0.3, 0.4) is 0 Å². The van der Waals surface area contributed by atoms with E-state index < -0.39 is 0 Å². The predicted molar refractivity (Wildman–Crippen MR) is 73.2 cm³/mol. The Morgan fingerprint density at radius 1 is 1.45 bits per heavy atom. The minimum Gasteiger partial charge on any atom is -0.337 e. The standard InChI is InChI=1S/C14H18N4O2/c1-9(2)13-16-12(20-17-13)8-18(4)14(19)11-5-6-15-7-10(11)3/h5-7,9H,8H2,1-4H3. The van der Waals surface area contributed by atoms with Crippen molar-refractivity contribution in [3.8, 4) is 0 Å². The van der Waals surface area contributed by atoms with Gasteiger partial charge in [0.15, 0.2) is 5.82 Å². The Bertz CT molecular complexity index is 607. The van der Waals surface area contributed by atoms with Crippen molar-refractivity contribution in [2.45, 2.75) is 33.2 Å². The van der Waals surface area contributed by atoms with E-state index in [1.54, 1.807) is 30.4 Å². The average Bonchev–Trinajstić information content (AvgIpc) is 2.87. The number of nitrogens with zero attached hydrogens (tertiary/aromatic N) is 4. The number of aryl methyl sites for hydroxylation is 1. The maximum atomic E-state index is 12.3. The van der Waals surface area contributed by atoms with E-state index in [2.05, 4.69) is 15.1 Å². The molecule has 20 heavy (non-hydrogen) atoms. The summed E-state index contributed by atoms with van der Waals surface area (Å²) in [5, 5.41) is 3.88. The maximum Gasteiger partial charge on any atom is 0.254 e. The molecule has 0 saturated carbocycles. The van der Waals surface area contributed by atoms with E-state index in [0.717, 1.165) is 5.56 Å². The first-order chi connectivity index (χ1) is 9.49. The second-order valence-corrected chi connectivity index (χ2v) is 5.05. The molecule has 2 heterocycles. The SMILES string of the molecule is Cc1cnccc1C(=O)N(C)Cc1nc(C(C)C)no1. The lowest BCUT2D eigenvalue weighted by Gasteiger charge is -2.15. The first-order valence-corrected chi connectivity index (χ1v) is 6.47. The first kappa shape index (κ1) is 14.2. The van der Waals surface area contributed by atoms with E-state index in [1.165, 1.54) is 0 Å². The Morgan fingerprint density at radius 3 is 2.80 bits per heavy atom. The summed E-state index contributed by atoms with van der Waals surface area (Å²) in [6, 6.07) is 1.71. The van der Waals surface area contributed by atoms with Crippen molar-refractivity contribution in [3.63, 3.8) is 0 Å². The fourth-order valence-corrected chi connectivity index (χ4v) is 1.76. The molecule has 0 N–H and O–H groups in total. The molecule has 0 unspecified atom stereocenters. The minimum absolute atomic E-state index is 0.0887. The highest BCUT2D eigenvalue weighted by Crippen LogP contribution is 2.13. The van der Waals surface area contributed by atoms with Crippen molar-refractivity contribution >= 4 is 5.91 Å². The van der Waals surface area contributed by atoms with E-state index in [-0.39, 0.29) is 11.8 Å². The molecule has 106 valence electrons. The molecule has 1 amide bonds. The van der Waals surface area contributed by atoms with Crippen LogP contribution in [-0.2, 0) is 6.54 Å². The third-order valence-corrected chi connectivity index (χ3v) is 2.97. The molecule has 2 aromatic rings. The molecule has 0 aliphatic carbocycles. The van der Waals surface area contributed by atoms with Crippen LogP contribution in [0.1, 0.15) is 47.4 Å². The molecular formula is C14H18N4O2. The zero-order valence-corrected chi connectivity index (χ0v) is 12.1. The van der Waals surface area contributed by atoms with Gasteiger partial charge < -0.3 is 9.42 Å². The van der Waals surface area contributed by atoms with Crippen molar-refractivity contribution in [1.29, 1.82) is 0 Å². The van der Waals surface area contributed by atoms with E-state index in [4.69, 9.17) is 4.52 Å². The molecule has 0 radical (unpaired) electrons. The fourth-order valence-electron chi connectivity index (χ4n) is 1.76. The van der Waals surface area contributed by atoms with Crippen LogP contribution in [0.15, 0.2) is 23.0 Å². The van der Waals surface area contributed by atoms with Crippen LogP contribution < -0.4 is 0 Å². The number of carbonyl (C=O) groups excluding carboxylic acids is 1. The molecule has 0 aromatic carbocycles. The summed E-state index contributed by atoms with van der Waals surface area (Å²) < 4.78 is 5.15. The normalized spacial score (nSPS) is 10.8. The van der Waals surface area contributed by atoms with Gasteiger partial charge in [0, 0.05) is 30.9 Å². The Morgan fingerprint density at radius 2 is 2.20 bits per heavy atom. The summed E-state index contributed by atoms with van der Waals surface area (Å²) >= 11 is 0. The summed E-state index contributed by atoms with van der Waals surface area (Å²) in [4.78, 5) is 22.1. The largest absolute Gasteiger partial charge is 0.337 e. The third kappa shape index (κ3) is 3.01. The number of pyridine rings is 1. The van der Waals surface area contributed by atoms with Crippen molar-refractivity contribution in [1.82, 2.24) is 20.0 Å². The van der Waals surface area contributed by atoms with Crippen LogP contribution in [0, 0.1) is 6.92 Å². The number of aromatic nitrogens is 3. The molecule has 0 bridgehead atoms. The van der Waals surface area contributed by atoms with Crippen molar-refractivity contribution in [2.75, 3.05) is 7.05 Å². The van der Waals surface area contributed by atoms with E-state index in [1.807, 2.05) is 20.8 Å². The Kier molecular flexibility index (Phi) is 4.12. The zero-order valence-electron chi connectivity index (χ0n) is 12.1. The number of rotatable bonds is 4. The fraction of sp³-hybridized carbons (Fsp3) is 0.429. The Hall–Kier alpha value is -2.24. The Labute approximate surface area is 117 Å². The molecule has 0 aliphatic heterocycles. The van der Waals surface area contributed by atoms with Gasteiger partial charge in [-0.05, 0) is 18.6 Å². The van der Waals surface area contributed by atoms with E-state index in [9.17, 15) is 4.79 Å². The topological polar surface area (TPSA) is 72.1 Å². The van der Waals surface area contributed by atoms with E-state index >= 15 is 0 Å². The lowest BCUT2D eigenvalue weighted by Crippen LogP contribution is -2.27. The first-order valence-electron chi connectivity index (χ1n) is 6.47. The average molecular weight is 274 g/mol. The van der Waals surface area contributed by atoms with Crippen LogP contribution in [0.4, 0.5) is 0 Å². The van der Waals surface area contributed by atoms with Crippen molar-refractivity contribution < 1.29 is 9.32 Å². The molecule has 6 heteroatoms. The van der Waals surface area contributed by atoms with Crippen LogP contribution in [0.2, 0.25) is 0 Å². The zero-order chi connectivity index (χ0) is 14.7. The van der Waals surface area contributed by atoms with Gasteiger partial charge in [-0.1, -0.05) is 19.0 Å². The van der Waals surface area contributed by atoms with Gasteiger partial charge in [-0.25, -0.2) is 0 Å². The molecule has 6 nitrogen and oxygen atoms in total. The van der Waals surface area contributed by atoms with Gasteiger partial charge in [0.05, 0.1) is 6.54 Å². The van der Waals surface area contributed by atoms with Gasteiger partial charge in [-0.2, -0.15) is 4.98 Å². The van der Waals surface area contributed by atoms with Gasteiger partial charge in [-0.3, -0.25) is 9.78 Å². The molecule has 0 atom stereocenters. The van der Waals surface area contributed by atoms with Gasteiger partial charge in [0.25, 0.3) is 5.91 Å². The van der Waals surface area contributed by atoms with Gasteiger partial charge in [0.2, 0.25) is 5.89 Å². The van der Waals surface area contributed by atoms with E-state index in [0.29, 0.717) is 23.8 Å². The summed E-state index contributed by atoms with van der Waals surface area (Å²) in [5.41, 5.74) is 1.48. The monoisotopic (exact) mass is 274 g/mol. The van der Waals surface area contributed by atoms with Crippen LogP contribution in [0.25, 0.3) is 0 Å². The third-order valence-electron chi connectivity index (χ3n) is 2.97. The highest BCUT2D eigenvalue weighted by atomic mass is 16.5. The lowest BCUT2D eigenvalue weighted by atomic mass is 10.1. The molecule has 0 fully saturated rings. The highest BCUT2D eigenvalue weighted by molar-refractivity contribution is 5.95. The quantitative estimate of drug-likeness (QED) is 0.854. The second-order valence-electron chi connectivity index (χ2n) is 5.05. The summed E-state index contributed by atoms with van der Waals surface area (Å²) in [5.74, 6) is 1.21. The van der Waals surface area contributed by atoms with Gasteiger partial charge in [-0.15, -0.1) is 0 Å². The summed E-state index contributed by atoms with van der Waals surface area (Å²) in [6.07, 6.45) is 3.28. The summed E-state index contributed by atoms with van der Waals surface area (Å²) in [6.45, 7) is 6.13. The Balaban J connectivity index is 2.09.